The molecular weight excluding hydrogens is 269 g/mol. The molecule has 0 spiro atoms. The van der Waals surface area contributed by atoms with Crippen LogP contribution in [0.4, 0.5) is 13.2 Å². The minimum Gasteiger partial charge on any atom is -0.312 e. The van der Waals surface area contributed by atoms with Crippen LogP contribution in [0, 0.1) is 0 Å². The second-order valence-electron chi connectivity index (χ2n) is 4.37. The van der Waals surface area contributed by atoms with Gasteiger partial charge in [-0.05, 0) is 13.0 Å². The molecule has 1 saturated heterocycles. The van der Waals surface area contributed by atoms with Gasteiger partial charge in [0.2, 0.25) is 0 Å². The summed E-state index contributed by atoms with van der Waals surface area (Å²) in [5, 5.41) is 9.00. The summed E-state index contributed by atoms with van der Waals surface area (Å²) >= 11 is 0. The summed E-state index contributed by atoms with van der Waals surface area (Å²) in [4.78, 5) is 2.11. The predicted octanol–water partition coefficient (Wildman–Crippen LogP) is 1.64. The standard InChI is InChI=1S/C10H15F3N4.ClH/c1-7-5-17(3-2-14-7)6-8-4-9(16-15-8)10(11,12)13;/h4,7,14H,2-3,5-6H2,1H3,(H,15,16);1H. The lowest BCUT2D eigenvalue weighted by Gasteiger charge is -2.31. The third-order valence-electron chi connectivity index (χ3n) is 2.77. The number of aromatic nitrogens is 2. The molecule has 0 saturated carbocycles. The zero-order valence-corrected chi connectivity index (χ0v) is 10.7. The zero-order chi connectivity index (χ0) is 12.5. The Balaban J connectivity index is 0.00000162. The third kappa shape index (κ3) is 3.86. The van der Waals surface area contributed by atoms with Crippen LogP contribution in [-0.2, 0) is 12.7 Å². The highest BCUT2D eigenvalue weighted by atomic mass is 35.5. The Morgan fingerprint density at radius 3 is 2.78 bits per heavy atom. The van der Waals surface area contributed by atoms with E-state index in [4.69, 9.17) is 0 Å². The topological polar surface area (TPSA) is 44.0 Å². The van der Waals surface area contributed by atoms with Gasteiger partial charge in [-0.3, -0.25) is 10.00 Å². The molecule has 104 valence electrons. The summed E-state index contributed by atoms with van der Waals surface area (Å²) in [6.45, 7) is 5.07. The molecular formula is C10H16ClF3N4. The molecule has 1 unspecified atom stereocenters. The molecule has 8 heteroatoms. The summed E-state index contributed by atoms with van der Waals surface area (Å²) < 4.78 is 37.0. The third-order valence-corrected chi connectivity index (χ3v) is 2.77. The van der Waals surface area contributed by atoms with Crippen molar-refractivity contribution >= 4 is 12.4 Å². The second-order valence-corrected chi connectivity index (χ2v) is 4.37. The molecule has 0 aliphatic carbocycles. The van der Waals surface area contributed by atoms with Gasteiger partial charge in [0.25, 0.3) is 0 Å². The predicted molar refractivity (Wildman–Crippen MR) is 63.6 cm³/mol. The monoisotopic (exact) mass is 284 g/mol. The van der Waals surface area contributed by atoms with E-state index >= 15 is 0 Å². The number of halogens is 4. The first-order valence-corrected chi connectivity index (χ1v) is 5.52. The van der Waals surface area contributed by atoms with Gasteiger partial charge in [0.05, 0.1) is 0 Å². The Hall–Kier alpha value is -0.790. The van der Waals surface area contributed by atoms with Crippen molar-refractivity contribution in [1.29, 1.82) is 0 Å². The van der Waals surface area contributed by atoms with Gasteiger partial charge in [0.15, 0.2) is 5.69 Å². The zero-order valence-electron chi connectivity index (χ0n) is 9.92. The lowest BCUT2D eigenvalue weighted by molar-refractivity contribution is -0.141. The van der Waals surface area contributed by atoms with E-state index in [1.807, 2.05) is 0 Å². The van der Waals surface area contributed by atoms with E-state index in [0.717, 1.165) is 25.7 Å². The number of aromatic amines is 1. The molecule has 0 aromatic carbocycles. The van der Waals surface area contributed by atoms with Crippen LogP contribution in [0.2, 0.25) is 0 Å². The number of piperazine rings is 1. The van der Waals surface area contributed by atoms with Crippen LogP contribution in [0.3, 0.4) is 0 Å². The van der Waals surface area contributed by atoms with Crippen molar-refractivity contribution in [2.45, 2.75) is 25.7 Å². The highest BCUT2D eigenvalue weighted by molar-refractivity contribution is 5.85. The number of nitrogens with one attached hydrogen (secondary N) is 2. The van der Waals surface area contributed by atoms with Crippen molar-refractivity contribution in [2.75, 3.05) is 19.6 Å². The fraction of sp³-hybridized carbons (Fsp3) is 0.700. The van der Waals surface area contributed by atoms with Crippen LogP contribution < -0.4 is 5.32 Å². The Labute approximate surface area is 109 Å². The molecule has 1 aliphatic rings. The molecule has 18 heavy (non-hydrogen) atoms. The van der Waals surface area contributed by atoms with Gasteiger partial charge in [-0.1, -0.05) is 0 Å². The van der Waals surface area contributed by atoms with Crippen molar-refractivity contribution in [2.24, 2.45) is 0 Å². The second kappa shape index (κ2) is 5.90. The first-order chi connectivity index (χ1) is 7.95. The minimum absolute atomic E-state index is 0. The molecule has 2 rings (SSSR count). The maximum atomic E-state index is 12.3. The molecule has 2 N–H and O–H groups in total. The van der Waals surface area contributed by atoms with Crippen LogP contribution in [0.15, 0.2) is 6.07 Å². The maximum absolute atomic E-state index is 12.3. The van der Waals surface area contributed by atoms with E-state index in [9.17, 15) is 13.2 Å². The number of hydrogen-bond acceptors (Lipinski definition) is 3. The van der Waals surface area contributed by atoms with E-state index in [0.29, 0.717) is 18.3 Å². The summed E-state index contributed by atoms with van der Waals surface area (Å²) in [6, 6.07) is 1.45. The molecule has 1 aromatic rings. The van der Waals surface area contributed by atoms with Crippen LogP contribution >= 0.6 is 12.4 Å². The van der Waals surface area contributed by atoms with Crippen LogP contribution in [0.5, 0.6) is 0 Å². The maximum Gasteiger partial charge on any atom is 0.435 e. The van der Waals surface area contributed by atoms with Crippen LogP contribution in [0.1, 0.15) is 18.3 Å². The molecule has 1 fully saturated rings. The normalized spacial score (nSPS) is 21.7. The summed E-state index contributed by atoms with van der Waals surface area (Å²) in [7, 11) is 0. The van der Waals surface area contributed by atoms with Crippen molar-refractivity contribution in [3.05, 3.63) is 17.5 Å². The fourth-order valence-corrected chi connectivity index (χ4v) is 1.98. The highest BCUT2D eigenvalue weighted by Crippen LogP contribution is 2.27. The lowest BCUT2D eigenvalue weighted by atomic mass is 10.2. The van der Waals surface area contributed by atoms with Gasteiger partial charge >= 0.3 is 6.18 Å². The Morgan fingerprint density at radius 1 is 1.50 bits per heavy atom. The molecule has 1 atom stereocenters. The average molecular weight is 285 g/mol. The van der Waals surface area contributed by atoms with Crippen molar-refractivity contribution in [3.63, 3.8) is 0 Å². The van der Waals surface area contributed by atoms with E-state index in [1.54, 1.807) is 0 Å². The molecule has 0 radical (unpaired) electrons. The fourth-order valence-electron chi connectivity index (χ4n) is 1.98. The Kier molecular flexibility index (Phi) is 5.01. The van der Waals surface area contributed by atoms with E-state index < -0.39 is 11.9 Å². The van der Waals surface area contributed by atoms with E-state index in [1.165, 1.54) is 0 Å². The molecule has 0 amide bonds. The van der Waals surface area contributed by atoms with Gasteiger partial charge in [0.1, 0.15) is 0 Å². The van der Waals surface area contributed by atoms with Crippen LogP contribution in [0.25, 0.3) is 0 Å². The summed E-state index contributed by atoms with van der Waals surface area (Å²) in [6.07, 6.45) is -4.37. The SMILES string of the molecule is CC1CN(Cc2cc(C(F)(F)F)n[nH]2)CCN1.Cl. The average Bonchev–Trinajstić information content (AvgIpc) is 2.65. The quantitative estimate of drug-likeness (QED) is 0.868. The number of H-pyrrole nitrogens is 1. The van der Waals surface area contributed by atoms with Gasteiger partial charge in [-0.2, -0.15) is 18.3 Å². The van der Waals surface area contributed by atoms with Crippen molar-refractivity contribution < 1.29 is 13.2 Å². The highest BCUT2D eigenvalue weighted by Gasteiger charge is 2.34. The lowest BCUT2D eigenvalue weighted by Crippen LogP contribution is -2.48. The van der Waals surface area contributed by atoms with Crippen molar-refractivity contribution in [1.82, 2.24) is 20.4 Å². The number of hydrogen-bond donors (Lipinski definition) is 2. The van der Waals surface area contributed by atoms with Crippen molar-refractivity contribution in [3.8, 4) is 0 Å². The van der Waals surface area contributed by atoms with Gasteiger partial charge in [-0.15, -0.1) is 12.4 Å². The Bertz CT molecular complexity index is 379. The minimum atomic E-state index is -4.37. The smallest absolute Gasteiger partial charge is 0.312 e. The Morgan fingerprint density at radius 2 is 2.22 bits per heavy atom. The first kappa shape index (κ1) is 15.3. The van der Waals surface area contributed by atoms with Gasteiger partial charge in [-0.25, -0.2) is 0 Å². The largest absolute Gasteiger partial charge is 0.435 e. The van der Waals surface area contributed by atoms with Crippen LogP contribution in [-0.4, -0.2) is 40.8 Å². The summed E-state index contributed by atoms with van der Waals surface area (Å²) in [5.74, 6) is 0. The summed E-state index contributed by atoms with van der Waals surface area (Å²) in [5.41, 5.74) is -0.345. The van der Waals surface area contributed by atoms with E-state index in [-0.39, 0.29) is 12.4 Å². The number of nitrogens with zero attached hydrogens (tertiary/aromatic N) is 2. The first-order valence-electron chi connectivity index (χ1n) is 5.52. The van der Waals surface area contributed by atoms with Gasteiger partial charge < -0.3 is 5.32 Å². The molecule has 2 heterocycles. The molecule has 1 aromatic heterocycles. The van der Waals surface area contributed by atoms with E-state index in [2.05, 4.69) is 27.3 Å². The molecule has 1 aliphatic heterocycles. The number of alkyl halides is 3. The molecule has 0 bridgehead atoms. The van der Waals surface area contributed by atoms with Gasteiger partial charge in [0, 0.05) is 37.9 Å². The molecule has 4 nitrogen and oxygen atoms in total. The number of rotatable bonds is 2.